The van der Waals surface area contributed by atoms with E-state index in [2.05, 4.69) is 0 Å². The van der Waals surface area contributed by atoms with E-state index in [0.717, 1.165) is 0 Å². The summed E-state index contributed by atoms with van der Waals surface area (Å²) in [5.74, 6) is -5.58. The van der Waals surface area contributed by atoms with E-state index >= 15 is 0 Å². The maximum Gasteiger partial charge on any atom is 0.338 e. The number of aliphatic hydroxyl groups excluding tert-OH is 3. The van der Waals surface area contributed by atoms with Crippen LogP contribution >= 0.6 is 0 Å². The van der Waals surface area contributed by atoms with E-state index in [-0.39, 0.29) is 29.7 Å². The first-order chi connectivity index (χ1) is 23.9. The third-order valence-corrected chi connectivity index (χ3v) is 12.2. The van der Waals surface area contributed by atoms with Crippen molar-refractivity contribution in [1.82, 2.24) is 0 Å². The van der Waals surface area contributed by atoms with E-state index in [4.69, 9.17) is 18.9 Å². The van der Waals surface area contributed by atoms with Crippen molar-refractivity contribution in [2.75, 3.05) is 6.61 Å². The number of ketones is 1. The van der Waals surface area contributed by atoms with Gasteiger partial charge in [0.25, 0.3) is 0 Å². The minimum Gasteiger partial charge on any atom is -0.456 e. The second-order valence-corrected chi connectivity index (χ2v) is 15.2. The molecule has 3 fully saturated rings. The van der Waals surface area contributed by atoms with Gasteiger partial charge in [0.15, 0.2) is 17.5 Å². The number of carbonyl (C=O) groups excluding carboxylic acids is 4. The topological polar surface area (TPSA) is 186 Å². The fourth-order valence-electron chi connectivity index (χ4n) is 9.13. The molecule has 1 saturated heterocycles. The van der Waals surface area contributed by atoms with Crippen molar-refractivity contribution >= 4 is 23.7 Å². The van der Waals surface area contributed by atoms with Crippen molar-refractivity contribution in [2.24, 2.45) is 16.7 Å². The highest BCUT2D eigenvalue weighted by atomic mass is 16.6. The predicted octanol–water partition coefficient (Wildman–Crippen LogP) is 2.80. The van der Waals surface area contributed by atoms with Gasteiger partial charge in [0, 0.05) is 31.1 Å². The molecule has 11 atom stereocenters. The summed E-state index contributed by atoms with van der Waals surface area (Å²) in [5.41, 5.74) is -6.32. The highest BCUT2D eigenvalue weighted by Gasteiger charge is 2.78. The Hall–Kier alpha value is -3.94. The van der Waals surface area contributed by atoms with Crippen LogP contribution in [0.3, 0.4) is 0 Å². The van der Waals surface area contributed by atoms with Gasteiger partial charge < -0.3 is 39.4 Å². The standard InChI is InChI=1S/C39H46O12/c1-20(23-13-9-7-10-14-23)29(42)35(46)49-25-18-39(47)33(50-34(45)24-15-11-8-12-16-24)31-37(6,32(44)30(43)28(21(25)2)36(39,4)5)26(41)17-27-38(31,19-48-27)51-22(3)40/h7-16,20,25-27,29-31,33,41-43,47H,17-19H2,1-6H3/t20-,25-,26-,27?,29+,30+,31-,33?,37+,38-,39-/m0/s1. The summed E-state index contributed by atoms with van der Waals surface area (Å²) in [6, 6.07) is 16.9. The van der Waals surface area contributed by atoms with Gasteiger partial charge >= 0.3 is 17.9 Å². The maximum absolute atomic E-state index is 14.8. The zero-order valence-corrected chi connectivity index (χ0v) is 29.6. The van der Waals surface area contributed by atoms with E-state index in [0.29, 0.717) is 5.56 Å². The van der Waals surface area contributed by atoms with Crippen molar-refractivity contribution in [3.63, 3.8) is 0 Å². The third kappa shape index (κ3) is 5.54. The largest absolute Gasteiger partial charge is 0.456 e. The molecule has 1 aliphatic heterocycles. The predicted molar refractivity (Wildman–Crippen MR) is 180 cm³/mol. The zero-order chi connectivity index (χ0) is 37.3. The lowest BCUT2D eigenvalue weighted by Crippen LogP contribution is -2.81. The van der Waals surface area contributed by atoms with Crippen LogP contribution in [0, 0.1) is 16.7 Å². The molecule has 12 heteroatoms. The van der Waals surface area contributed by atoms with Crippen molar-refractivity contribution in [1.29, 1.82) is 0 Å². The fourth-order valence-corrected chi connectivity index (χ4v) is 9.13. The molecule has 0 aromatic heterocycles. The molecule has 2 aromatic carbocycles. The van der Waals surface area contributed by atoms with E-state index in [9.17, 15) is 39.6 Å². The van der Waals surface area contributed by atoms with Crippen LogP contribution in [0.2, 0.25) is 0 Å². The van der Waals surface area contributed by atoms with Crippen LogP contribution in [0.15, 0.2) is 71.8 Å². The van der Waals surface area contributed by atoms with Gasteiger partial charge in [-0.05, 0) is 42.7 Å². The summed E-state index contributed by atoms with van der Waals surface area (Å²) in [5, 5.41) is 48.2. The van der Waals surface area contributed by atoms with E-state index in [1.165, 1.54) is 26.0 Å². The van der Waals surface area contributed by atoms with E-state index in [1.807, 2.05) is 0 Å². The van der Waals surface area contributed by atoms with Crippen LogP contribution in [-0.4, -0.2) is 98.6 Å². The Morgan fingerprint density at radius 1 is 0.961 bits per heavy atom. The third-order valence-electron chi connectivity index (χ3n) is 12.2. The van der Waals surface area contributed by atoms with E-state index in [1.54, 1.807) is 76.2 Å². The summed E-state index contributed by atoms with van der Waals surface area (Å²) < 4.78 is 24.0. The molecule has 0 radical (unpaired) electrons. The molecule has 3 aliphatic carbocycles. The lowest BCUT2D eigenvalue weighted by Gasteiger charge is -2.67. The monoisotopic (exact) mass is 706 g/mol. The van der Waals surface area contributed by atoms with Gasteiger partial charge in [-0.15, -0.1) is 0 Å². The van der Waals surface area contributed by atoms with Crippen molar-refractivity contribution in [3.05, 3.63) is 82.9 Å². The number of rotatable bonds is 7. The first-order valence-electron chi connectivity index (χ1n) is 17.3. The van der Waals surface area contributed by atoms with Gasteiger partial charge in [-0.2, -0.15) is 0 Å². The molecule has 12 nitrogen and oxygen atoms in total. The molecule has 2 unspecified atom stereocenters. The minimum absolute atomic E-state index is 0.0193. The number of benzene rings is 2. The molecular formula is C39H46O12. The number of aliphatic hydroxyl groups is 4. The van der Waals surface area contributed by atoms with Gasteiger partial charge in [-0.1, -0.05) is 69.3 Å². The molecule has 1 heterocycles. The molecule has 274 valence electrons. The Kier molecular flexibility index (Phi) is 9.34. The lowest BCUT2D eigenvalue weighted by molar-refractivity contribution is -0.346. The number of hydrogen-bond donors (Lipinski definition) is 4. The zero-order valence-electron chi connectivity index (χ0n) is 29.6. The lowest BCUT2D eigenvalue weighted by atomic mass is 9.44. The molecule has 4 aliphatic rings. The SMILES string of the molecule is CC(=O)O[C@@]12COC1C[C@H](O)[C@@]1(C)C(=O)[C@H](O)C3=C(C)[C@@H](OC(=O)[C@H](O)[C@@H](C)c4ccccc4)C[C@](O)(C(OC(=O)c4ccccc4)[C@@H]12)C3(C)C. The van der Waals surface area contributed by atoms with Crippen LogP contribution in [0.1, 0.15) is 76.2 Å². The summed E-state index contributed by atoms with van der Waals surface area (Å²) in [6.45, 7) is 8.76. The Labute approximate surface area is 296 Å². The van der Waals surface area contributed by atoms with Crippen molar-refractivity contribution < 1.29 is 58.6 Å². The van der Waals surface area contributed by atoms with E-state index < -0.39 is 101 Å². The summed E-state index contributed by atoms with van der Waals surface area (Å²) >= 11 is 0. The van der Waals surface area contributed by atoms with Gasteiger partial charge in [0.1, 0.15) is 30.0 Å². The van der Waals surface area contributed by atoms with Crippen molar-refractivity contribution in [3.8, 4) is 0 Å². The number of hydrogen-bond acceptors (Lipinski definition) is 12. The molecule has 2 bridgehead atoms. The highest BCUT2D eigenvalue weighted by Crippen LogP contribution is 2.64. The average Bonchev–Trinajstić information content (AvgIpc) is 3.09. The Balaban J connectivity index is 1.53. The Bertz CT molecular complexity index is 1740. The van der Waals surface area contributed by atoms with Crippen LogP contribution in [-0.2, 0) is 33.3 Å². The molecule has 0 spiro atoms. The first kappa shape index (κ1) is 36.8. The molecule has 0 amide bonds. The van der Waals surface area contributed by atoms with Crippen molar-refractivity contribution in [2.45, 2.75) is 108 Å². The number of Topliss-reactive ketones (excluding diaryl/α,β-unsaturated/α-hetero) is 1. The Morgan fingerprint density at radius 2 is 1.57 bits per heavy atom. The highest BCUT2D eigenvalue weighted by molar-refractivity contribution is 5.94. The summed E-state index contributed by atoms with van der Waals surface area (Å²) in [7, 11) is 0. The molecule has 51 heavy (non-hydrogen) atoms. The number of carbonyl (C=O) groups is 4. The summed E-state index contributed by atoms with van der Waals surface area (Å²) in [6.07, 6.45) is -9.53. The summed E-state index contributed by atoms with van der Waals surface area (Å²) in [4.78, 5) is 55.1. The quantitative estimate of drug-likeness (QED) is 0.188. The molecule has 4 N–H and O–H groups in total. The second-order valence-electron chi connectivity index (χ2n) is 15.2. The van der Waals surface area contributed by atoms with Gasteiger partial charge in [-0.3, -0.25) is 9.59 Å². The number of esters is 3. The molecule has 6 rings (SSSR count). The van der Waals surface area contributed by atoms with Gasteiger partial charge in [0.2, 0.25) is 0 Å². The molecule has 2 aromatic rings. The van der Waals surface area contributed by atoms with Gasteiger partial charge in [-0.25, -0.2) is 9.59 Å². The molecule has 2 saturated carbocycles. The minimum atomic E-state index is -2.24. The van der Waals surface area contributed by atoms with Crippen LogP contribution in [0.4, 0.5) is 0 Å². The Morgan fingerprint density at radius 3 is 2.14 bits per heavy atom. The first-order valence-corrected chi connectivity index (χ1v) is 17.3. The van der Waals surface area contributed by atoms with Crippen LogP contribution in [0.5, 0.6) is 0 Å². The van der Waals surface area contributed by atoms with Crippen LogP contribution < -0.4 is 0 Å². The average molecular weight is 707 g/mol. The fraction of sp³-hybridized carbons (Fsp3) is 0.538. The maximum atomic E-state index is 14.8. The normalized spacial score (nSPS) is 36.5. The number of ether oxygens (including phenoxy) is 4. The van der Waals surface area contributed by atoms with Crippen LogP contribution in [0.25, 0.3) is 0 Å². The smallest absolute Gasteiger partial charge is 0.338 e. The second kappa shape index (κ2) is 12.9. The molecular weight excluding hydrogens is 660 g/mol. The number of fused-ring (bicyclic) bond motifs is 5. The van der Waals surface area contributed by atoms with Gasteiger partial charge in [0.05, 0.1) is 29.6 Å².